The molecule has 1 unspecified atom stereocenters. The molecule has 1 N–H and O–H groups in total. The first-order valence-corrected chi connectivity index (χ1v) is 12.5. The van der Waals surface area contributed by atoms with Crippen molar-refractivity contribution in [2.75, 3.05) is 5.32 Å². The van der Waals surface area contributed by atoms with E-state index in [1.54, 1.807) is 6.08 Å². The number of ether oxygens (including phenoxy) is 1. The van der Waals surface area contributed by atoms with Gasteiger partial charge in [-0.05, 0) is 72.6 Å². The van der Waals surface area contributed by atoms with Crippen LogP contribution in [0.1, 0.15) is 46.7 Å². The lowest BCUT2D eigenvalue weighted by Gasteiger charge is -2.23. The van der Waals surface area contributed by atoms with Gasteiger partial charge in [0.05, 0.1) is 9.39 Å². The minimum absolute atomic E-state index is 0.286. The smallest absolute Gasteiger partial charge is 0.249 e. The van der Waals surface area contributed by atoms with Crippen LogP contribution in [0.3, 0.4) is 0 Å². The fourth-order valence-electron chi connectivity index (χ4n) is 4.00. The minimum atomic E-state index is -0.286. The third-order valence-electron chi connectivity index (χ3n) is 5.96. The number of amides is 1. The van der Waals surface area contributed by atoms with Gasteiger partial charge in [0.25, 0.3) is 0 Å². The van der Waals surface area contributed by atoms with Gasteiger partial charge in [-0.1, -0.05) is 61.1 Å². The van der Waals surface area contributed by atoms with Crippen molar-refractivity contribution in [1.82, 2.24) is 0 Å². The number of nitrogens with one attached hydrogen (secondary N) is 1. The average Bonchev–Trinajstić information content (AvgIpc) is 2.84. The quantitative estimate of drug-likeness (QED) is 0.301. The minimum Gasteiger partial charge on any atom is -0.489 e. The van der Waals surface area contributed by atoms with E-state index >= 15 is 0 Å². The van der Waals surface area contributed by atoms with Crippen molar-refractivity contribution < 1.29 is 9.53 Å². The molecule has 1 aromatic heterocycles. The Morgan fingerprint density at radius 1 is 1.21 bits per heavy atom. The van der Waals surface area contributed by atoms with Gasteiger partial charge in [-0.15, -0.1) is 11.3 Å². The average molecular weight is 487 g/mol. The standard InChI is InChI=1S/C28H26N2O2S2/c1-18-3-6-21(7-4-18)17-32-22-11-8-20(9-12-22)10-14-26(31)30-27-25(16-29)23-13-5-19(2)15-24(23)28(33)34-27/h3-4,6-12,14,19H,5,13,15,17H2,1-2H3,(H,30,31)/b14-10+. The Hall–Kier alpha value is -3.27. The predicted molar refractivity (Wildman–Crippen MR) is 141 cm³/mol. The van der Waals surface area contributed by atoms with Crippen molar-refractivity contribution in [2.24, 2.45) is 5.92 Å². The SMILES string of the molecule is Cc1ccc(COc2ccc(/C=C/C(=O)Nc3sc(=S)c4c(c3C#N)CCC(C)C4)cc2)cc1. The number of hydrogen-bond acceptors (Lipinski definition) is 5. The third-order valence-corrected chi connectivity index (χ3v) is 7.39. The first kappa shape index (κ1) is 23.9. The summed E-state index contributed by atoms with van der Waals surface area (Å²) in [5, 5.41) is 13.2. The molecule has 4 nitrogen and oxygen atoms in total. The molecule has 0 saturated heterocycles. The molecule has 1 heterocycles. The maximum absolute atomic E-state index is 12.6. The number of aryl methyl sites for hydroxylation is 1. The molecule has 4 rings (SSSR count). The van der Waals surface area contributed by atoms with E-state index in [2.05, 4.69) is 49.5 Å². The third kappa shape index (κ3) is 5.80. The molecular weight excluding hydrogens is 460 g/mol. The van der Waals surface area contributed by atoms with Crippen LogP contribution in [0.5, 0.6) is 5.75 Å². The van der Waals surface area contributed by atoms with Gasteiger partial charge >= 0.3 is 0 Å². The van der Waals surface area contributed by atoms with Gasteiger partial charge in [0.2, 0.25) is 5.91 Å². The number of fused-ring (bicyclic) bond motifs is 1. The summed E-state index contributed by atoms with van der Waals surface area (Å²) in [7, 11) is 0. The number of nitriles is 1. The van der Waals surface area contributed by atoms with Crippen molar-refractivity contribution in [3.05, 3.63) is 91.8 Å². The molecule has 1 aliphatic rings. The number of anilines is 1. The maximum atomic E-state index is 12.6. The fourth-order valence-corrected chi connectivity index (χ4v) is 5.39. The molecule has 0 spiro atoms. The Morgan fingerprint density at radius 2 is 1.94 bits per heavy atom. The van der Waals surface area contributed by atoms with Gasteiger partial charge in [0.1, 0.15) is 23.4 Å². The van der Waals surface area contributed by atoms with Crippen molar-refractivity contribution >= 4 is 40.5 Å². The summed E-state index contributed by atoms with van der Waals surface area (Å²) in [4.78, 5) is 12.6. The molecule has 172 valence electrons. The van der Waals surface area contributed by atoms with Crippen LogP contribution in [0, 0.1) is 28.0 Å². The van der Waals surface area contributed by atoms with Crippen LogP contribution in [0.2, 0.25) is 0 Å². The van der Waals surface area contributed by atoms with E-state index in [0.29, 0.717) is 23.1 Å². The molecule has 1 aliphatic carbocycles. The molecule has 2 aromatic carbocycles. The van der Waals surface area contributed by atoms with Crippen molar-refractivity contribution in [1.29, 1.82) is 5.26 Å². The maximum Gasteiger partial charge on any atom is 0.249 e. The summed E-state index contributed by atoms with van der Waals surface area (Å²) in [6.07, 6.45) is 5.97. The van der Waals surface area contributed by atoms with Crippen LogP contribution in [0.25, 0.3) is 6.08 Å². The van der Waals surface area contributed by atoms with E-state index in [0.717, 1.165) is 51.1 Å². The Morgan fingerprint density at radius 3 is 2.65 bits per heavy atom. The summed E-state index contributed by atoms with van der Waals surface area (Å²) < 4.78 is 6.60. The molecule has 0 bridgehead atoms. The highest BCUT2D eigenvalue weighted by atomic mass is 32.1. The Kier molecular flexibility index (Phi) is 7.56. The molecule has 1 amide bonds. The number of nitrogens with zero attached hydrogens (tertiary/aromatic N) is 1. The highest BCUT2D eigenvalue weighted by molar-refractivity contribution is 7.73. The number of carbonyl (C=O) groups excluding carboxylic acids is 1. The lowest BCUT2D eigenvalue weighted by Crippen LogP contribution is -2.15. The van der Waals surface area contributed by atoms with Gasteiger partial charge in [0.15, 0.2) is 0 Å². The van der Waals surface area contributed by atoms with E-state index in [4.69, 9.17) is 17.0 Å². The van der Waals surface area contributed by atoms with Crippen LogP contribution in [-0.2, 0) is 24.2 Å². The lowest BCUT2D eigenvalue weighted by molar-refractivity contribution is -0.111. The summed E-state index contributed by atoms with van der Waals surface area (Å²) in [6.45, 7) is 4.77. The molecule has 0 aliphatic heterocycles. The van der Waals surface area contributed by atoms with E-state index in [1.807, 2.05) is 24.3 Å². The van der Waals surface area contributed by atoms with Gasteiger partial charge < -0.3 is 10.1 Å². The number of benzene rings is 2. The molecule has 0 radical (unpaired) electrons. The lowest BCUT2D eigenvalue weighted by atomic mass is 9.85. The first-order chi connectivity index (χ1) is 16.4. The van der Waals surface area contributed by atoms with Gasteiger partial charge in [0, 0.05) is 6.08 Å². The second kappa shape index (κ2) is 10.8. The highest BCUT2D eigenvalue weighted by Gasteiger charge is 2.23. The Balaban J connectivity index is 1.39. The summed E-state index contributed by atoms with van der Waals surface area (Å²) in [5.74, 6) is 1.05. The normalized spacial score (nSPS) is 14.9. The monoisotopic (exact) mass is 486 g/mol. The molecule has 3 aromatic rings. The molecule has 0 fully saturated rings. The van der Waals surface area contributed by atoms with Crippen LogP contribution in [0.15, 0.2) is 54.6 Å². The first-order valence-electron chi connectivity index (χ1n) is 11.3. The van der Waals surface area contributed by atoms with E-state index in [1.165, 1.54) is 23.0 Å². The molecular formula is C28H26N2O2S2. The number of hydrogen-bond donors (Lipinski definition) is 1. The molecule has 6 heteroatoms. The largest absolute Gasteiger partial charge is 0.489 e. The summed E-state index contributed by atoms with van der Waals surface area (Å²) >= 11 is 6.89. The Labute approximate surface area is 209 Å². The van der Waals surface area contributed by atoms with Crippen molar-refractivity contribution in [3.63, 3.8) is 0 Å². The second-order valence-electron chi connectivity index (χ2n) is 8.68. The van der Waals surface area contributed by atoms with Crippen LogP contribution >= 0.6 is 23.6 Å². The van der Waals surface area contributed by atoms with E-state index in [-0.39, 0.29) is 5.91 Å². The van der Waals surface area contributed by atoms with Crippen molar-refractivity contribution in [3.8, 4) is 11.8 Å². The van der Waals surface area contributed by atoms with Gasteiger partial charge in [-0.3, -0.25) is 4.79 Å². The zero-order valence-electron chi connectivity index (χ0n) is 19.3. The molecule has 1 atom stereocenters. The summed E-state index contributed by atoms with van der Waals surface area (Å²) in [5.41, 5.74) is 5.88. The van der Waals surface area contributed by atoms with Crippen LogP contribution < -0.4 is 10.1 Å². The number of rotatable bonds is 6. The second-order valence-corrected chi connectivity index (χ2v) is 10.4. The van der Waals surface area contributed by atoms with Crippen LogP contribution in [-0.4, -0.2) is 5.91 Å². The van der Waals surface area contributed by atoms with Crippen LogP contribution in [0.4, 0.5) is 5.00 Å². The Bertz CT molecular complexity index is 1320. The topological polar surface area (TPSA) is 62.1 Å². The highest BCUT2D eigenvalue weighted by Crippen LogP contribution is 2.35. The summed E-state index contributed by atoms with van der Waals surface area (Å²) in [6, 6.07) is 18.1. The van der Waals surface area contributed by atoms with E-state index < -0.39 is 0 Å². The van der Waals surface area contributed by atoms with Gasteiger partial charge in [-0.2, -0.15) is 5.26 Å². The fraction of sp³-hybridized carbons (Fsp3) is 0.250. The van der Waals surface area contributed by atoms with Gasteiger partial charge in [-0.25, -0.2) is 0 Å². The predicted octanol–water partition coefficient (Wildman–Crippen LogP) is 7.01. The van der Waals surface area contributed by atoms with E-state index in [9.17, 15) is 10.1 Å². The van der Waals surface area contributed by atoms with Crippen molar-refractivity contribution in [2.45, 2.75) is 39.7 Å². The number of carbonyl (C=O) groups is 1. The molecule has 34 heavy (non-hydrogen) atoms. The zero-order chi connectivity index (χ0) is 24.1. The zero-order valence-corrected chi connectivity index (χ0v) is 20.9. The molecule has 0 saturated carbocycles.